The highest BCUT2D eigenvalue weighted by Gasteiger charge is 2.30. The Morgan fingerprint density at radius 3 is 2.37 bits per heavy atom. The second-order valence-corrected chi connectivity index (χ2v) is 8.25. The predicted octanol–water partition coefficient (Wildman–Crippen LogP) is 1.88. The summed E-state index contributed by atoms with van der Waals surface area (Å²) >= 11 is 0. The molecular formula is C21H30N4O5. The number of carbonyl (C=O) groups is 4. The summed E-state index contributed by atoms with van der Waals surface area (Å²) in [6, 6.07) is 6.66. The number of rotatable bonds is 6. The Bertz CT molecular complexity index is 795. The zero-order chi connectivity index (χ0) is 22.3. The minimum Gasteiger partial charge on any atom is -0.444 e. The Hall–Kier alpha value is -3.10. The molecule has 4 amide bonds. The number of primary amides is 1. The molecular weight excluding hydrogens is 388 g/mol. The maximum atomic E-state index is 12.7. The van der Waals surface area contributed by atoms with Crippen molar-refractivity contribution in [2.24, 2.45) is 11.7 Å². The first-order valence-corrected chi connectivity index (χ1v) is 10.0. The topological polar surface area (TPSA) is 131 Å². The van der Waals surface area contributed by atoms with Crippen molar-refractivity contribution in [2.45, 2.75) is 45.6 Å². The summed E-state index contributed by atoms with van der Waals surface area (Å²) in [5, 5.41) is 5.43. The van der Waals surface area contributed by atoms with Gasteiger partial charge in [0.05, 0.1) is 11.3 Å². The van der Waals surface area contributed by atoms with Crippen molar-refractivity contribution in [3.63, 3.8) is 0 Å². The van der Waals surface area contributed by atoms with Gasteiger partial charge in [0.2, 0.25) is 11.8 Å². The molecule has 1 aliphatic rings. The third-order valence-electron chi connectivity index (χ3n) is 4.60. The standard InChI is InChI=1S/C21H30N4O5/c1-21(2,3)30-20(29)25-12-9-14(10-13-25)18(27)24-16-7-5-4-6-15(16)19(28)23-11-8-17(22)26/h4-7,14H,8-13H2,1-3H3,(H2,22,26)(H,23,28)(H,24,27). The number of nitrogens with two attached hydrogens (primary N) is 1. The second kappa shape index (κ2) is 10.1. The molecule has 0 unspecified atom stereocenters. The SMILES string of the molecule is CC(C)(C)OC(=O)N1CCC(C(=O)Nc2ccccc2C(=O)NCCC(N)=O)CC1. The van der Waals surface area contributed by atoms with Crippen LogP contribution in [0.3, 0.4) is 0 Å². The Balaban J connectivity index is 1.92. The lowest BCUT2D eigenvalue weighted by molar-refractivity contribution is -0.121. The van der Waals surface area contributed by atoms with Crippen LogP contribution < -0.4 is 16.4 Å². The van der Waals surface area contributed by atoms with Gasteiger partial charge in [0.15, 0.2) is 0 Å². The fraction of sp³-hybridized carbons (Fsp3) is 0.524. The largest absolute Gasteiger partial charge is 0.444 e. The average molecular weight is 418 g/mol. The zero-order valence-corrected chi connectivity index (χ0v) is 17.7. The molecule has 30 heavy (non-hydrogen) atoms. The van der Waals surface area contributed by atoms with E-state index in [1.807, 2.05) is 20.8 Å². The lowest BCUT2D eigenvalue weighted by Crippen LogP contribution is -2.43. The van der Waals surface area contributed by atoms with Gasteiger partial charge in [-0.3, -0.25) is 14.4 Å². The number of benzene rings is 1. The van der Waals surface area contributed by atoms with E-state index in [4.69, 9.17) is 10.5 Å². The van der Waals surface area contributed by atoms with Gasteiger partial charge in [0.25, 0.3) is 5.91 Å². The Morgan fingerprint density at radius 1 is 1.13 bits per heavy atom. The molecule has 1 saturated heterocycles. The van der Waals surface area contributed by atoms with Gasteiger partial charge >= 0.3 is 6.09 Å². The van der Waals surface area contributed by atoms with E-state index in [2.05, 4.69) is 10.6 Å². The Labute approximate surface area is 176 Å². The fourth-order valence-corrected chi connectivity index (χ4v) is 3.07. The molecule has 0 saturated carbocycles. The van der Waals surface area contributed by atoms with Crippen molar-refractivity contribution >= 4 is 29.5 Å². The molecule has 2 rings (SSSR count). The molecule has 0 aromatic heterocycles. The number of hydrogen-bond acceptors (Lipinski definition) is 5. The number of nitrogens with one attached hydrogen (secondary N) is 2. The van der Waals surface area contributed by atoms with Gasteiger partial charge in [-0.2, -0.15) is 0 Å². The number of piperidine rings is 1. The summed E-state index contributed by atoms with van der Waals surface area (Å²) in [5.41, 5.74) is 5.22. The van der Waals surface area contributed by atoms with Crippen LogP contribution >= 0.6 is 0 Å². The highest BCUT2D eigenvalue weighted by molar-refractivity contribution is 6.04. The Morgan fingerprint density at radius 2 is 1.77 bits per heavy atom. The van der Waals surface area contributed by atoms with Crippen molar-refractivity contribution in [3.05, 3.63) is 29.8 Å². The van der Waals surface area contributed by atoms with Crippen LogP contribution in [0, 0.1) is 5.92 Å². The third kappa shape index (κ3) is 7.06. The predicted molar refractivity (Wildman–Crippen MR) is 112 cm³/mol. The fourth-order valence-electron chi connectivity index (χ4n) is 3.07. The van der Waals surface area contributed by atoms with Crippen molar-refractivity contribution < 1.29 is 23.9 Å². The van der Waals surface area contributed by atoms with Gasteiger partial charge in [-0.1, -0.05) is 12.1 Å². The van der Waals surface area contributed by atoms with Crippen LogP contribution in [-0.4, -0.2) is 54.0 Å². The molecule has 164 valence electrons. The molecule has 9 heteroatoms. The highest BCUT2D eigenvalue weighted by Crippen LogP contribution is 2.23. The number of carbonyl (C=O) groups excluding carboxylic acids is 4. The maximum absolute atomic E-state index is 12.7. The van der Waals surface area contributed by atoms with Crippen molar-refractivity contribution in [2.75, 3.05) is 25.0 Å². The van der Waals surface area contributed by atoms with Crippen molar-refractivity contribution in [1.82, 2.24) is 10.2 Å². The molecule has 1 aromatic carbocycles. The van der Waals surface area contributed by atoms with Gasteiger partial charge < -0.3 is 26.0 Å². The van der Waals surface area contributed by atoms with Gasteiger partial charge in [-0.05, 0) is 45.7 Å². The summed E-state index contributed by atoms with van der Waals surface area (Å²) in [6.07, 6.45) is 0.686. The van der Waals surface area contributed by atoms with Crippen LogP contribution in [-0.2, 0) is 14.3 Å². The summed E-state index contributed by atoms with van der Waals surface area (Å²) in [6.45, 7) is 6.43. The molecule has 1 heterocycles. The number of amides is 4. The van der Waals surface area contributed by atoms with E-state index in [1.54, 1.807) is 29.2 Å². The quantitative estimate of drug-likeness (QED) is 0.649. The molecule has 1 aliphatic heterocycles. The highest BCUT2D eigenvalue weighted by atomic mass is 16.6. The Kier molecular flexibility index (Phi) is 7.79. The number of likely N-dealkylation sites (tertiary alicyclic amines) is 1. The molecule has 0 spiro atoms. The number of anilines is 1. The van der Waals surface area contributed by atoms with E-state index in [0.717, 1.165) is 0 Å². The number of nitrogens with zero attached hydrogens (tertiary/aromatic N) is 1. The van der Waals surface area contributed by atoms with E-state index in [0.29, 0.717) is 37.2 Å². The molecule has 0 radical (unpaired) electrons. The van der Waals surface area contributed by atoms with Crippen LogP contribution in [0.2, 0.25) is 0 Å². The first kappa shape index (κ1) is 23.2. The van der Waals surface area contributed by atoms with E-state index in [1.165, 1.54) is 0 Å². The molecule has 9 nitrogen and oxygen atoms in total. The van der Waals surface area contributed by atoms with Gasteiger partial charge in [-0.15, -0.1) is 0 Å². The van der Waals surface area contributed by atoms with Crippen molar-refractivity contribution in [1.29, 1.82) is 0 Å². The normalized spacial score (nSPS) is 14.7. The summed E-state index contributed by atoms with van der Waals surface area (Å²) < 4.78 is 5.37. The molecule has 0 bridgehead atoms. The van der Waals surface area contributed by atoms with Crippen molar-refractivity contribution in [3.8, 4) is 0 Å². The maximum Gasteiger partial charge on any atom is 0.410 e. The summed E-state index contributed by atoms with van der Waals surface area (Å²) in [5.74, 6) is -1.37. The smallest absolute Gasteiger partial charge is 0.410 e. The first-order chi connectivity index (χ1) is 14.1. The second-order valence-electron chi connectivity index (χ2n) is 8.25. The van der Waals surface area contributed by atoms with Crippen LogP contribution in [0.5, 0.6) is 0 Å². The van der Waals surface area contributed by atoms with E-state index >= 15 is 0 Å². The molecule has 1 fully saturated rings. The number of para-hydroxylation sites is 1. The van der Waals surface area contributed by atoms with Crippen LogP contribution in [0.1, 0.15) is 50.4 Å². The van der Waals surface area contributed by atoms with E-state index < -0.39 is 17.4 Å². The summed E-state index contributed by atoms with van der Waals surface area (Å²) in [4.78, 5) is 49.7. The van der Waals surface area contributed by atoms with Crippen LogP contribution in [0.25, 0.3) is 0 Å². The lowest BCUT2D eigenvalue weighted by atomic mass is 9.96. The summed E-state index contributed by atoms with van der Waals surface area (Å²) in [7, 11) is 0. The lowest BCUT2D eigenvalue weighted by Gasteiger charge is -2.33. The molecule has 0 aliphatic carbocycles. The minimum absolute atomic E-state index is 0.0382. The molecule has 0 atom stereocenters. The monoisotopic (exact) mass is 418 g/mol. The van der Waals surface area contributed by atoms with Crippen LogP contribution in [0.15, 0.2) is 24.3 Å². The van der Waals surface area contributed by atoms with Gasteiger partial charge in [0, 0.05) is 32.0 Å². The zero-order valence-electron chi connectivity index (χ0n) is 17.7. The van der Waals surface area contributed by atoms with Gasteiger partial charge in [0.1, 0.15) is 5.60 Å². The first-order valence-electron chi connectivity index (χ1n) is 10.0. The average Bonchev–Trinajstić information content (AvgIpc) is 2.66. The molecule has 1 aromatic rings. The van der Waals surface area contributed by atoms with Gasteiger partial charge in [-0.25, -0.2) is 4.79 Å². The molecule has 4 N–H and O–H groups in total. The number of hydrogen-bond donors (Lipinski definition) is 3. The van der Waals surface area contributed by atoms with E-state index in [9.17, 15) is 19.2 Å². The number of ether oxygens (including phenoxy) is 1. The van der Waals surface area contributed by atoms with Crippen LogP contribution in [0.4, 0.5) is 10.5 Å². The van der Waals surface area contributed by atoms with E-state index in [-0.39, 0.29) is 30.9 Å². The third-order valence-corrected chi connectivity index (χ3v) is 4.60. The minimum atomic E-state index is -0.562.